The summed E-state index contributed by atoms with van der Waals surface area (Å²) >= 11 is 0. The molecule has 3 heterocycles. The van der Waals surface area contributed by atoms with Gasteiger partial charge in [0.25, 0.3) is 5.56 Å². The van der Waals surface area contributed by atoms with Gasteiger partial charge in [0, 0.05) is 48.7 Å². The van der Waals surface area contributed by atoms with Crippen LogP contribution in [0.15, 0.2) is 35.5 Å². The van der Waals surface area contributed by atoms with Gasteiger partial charge in [0.05, 0.1) is 22.0 Å². The molecule has 0 spiro atoms. The highest BCUT2D eigenvalue weighted by molar-refractivity contribution is 5.90. The fourth-order valence-electron chi connectivity index (χ4n) is 4.45. The molecule has 0 aliphatic heterocycles. The second-order valence-electron chi connectivity index (χ2n) is 8.23. The minimum atomic E-state index is -0.0809. The maximum Gasteiger partial charge on any atom is 0.261 e. The molecular weight excluding hydrogens is 380 g/mol. The molecule has 154 valence electrons. The van der Waals surface area contributed by atoms with E-state index in [0.717, 1.165) is 36.6 Å². The predicted molar refractivity (Wildman–Crippen MR) is 115 cm³/mol. The van der Waals surface area contributed by atoms with Gasteiger partial charge in [-0.1, -0.05) is 0 Å². The van der Waals surface area contributed by atoms with Crippen LogP contribution in [0.3, 0.4) is 0 Å². The van der Waals surface area contributed by atoms with Gasteiger partial charge in [-0.05, 0) is 44.7 Å². The number of fused-ring (bicyclic) bond motifs is 2. The summed E-state index contributed by atoms with van der Waals surface area (Å²) in [5, 5.41) is 16.5. The Bertz CT molecular complexity index is 1330. The maximum absolute atomic E-state index is 13.0. The van der Waals surface area contributed by atoms with Crippen LogP contribution in [0.4, 0.5) is 0 Å². The number of nitrogens with two attached hydrogens (primary N) is 1. The average Bonchev–Trinajstić information content (AvgIpc) is 3.12. The minimum absolute atomic E-state index is 0.0809. The molecule has 8 heteroatoms. The molecule has 3 N–H and O–H groups in total. The fourth-order valence-corrected chi connectivity index (χ4v) is 4.45. The quantitative estimate of drug-likeness (QED) is 0.531. The number of pyridine rings is 1. The highest BCUT2D eigenvalue weighted by atomic mass is 16.3. The summed E-state index contributed by atoms with van der Waals surface area (Å²) in [6.45, 7) is 1.82. The van der Waals surface area contributed by atoms with Gasteiger partial charge in [0.2, 0.25) is 0 Å². The standard InChI is InChI=1S/C22H24N6O2/c1-12-19-13(11-27(2)26-19)9-16(20(12)29)21-24-10-17-18(25-21)7-8-28(22(17)30)15-5-3-14(23)4-6-15/h7-11,14-15,29H,3-6,23H2,1-2H3. The lowest BCUT2D eigenvalue weighted by Gasteiger charge is -2.27. The number of hydrogen-bond acceptors (Lipinski definition) is 6. The molecule has 0 atom stereocenters. The molecule has 0 unspecified atom stereocenters. The molecule has 3 aromatic heterocycles. The largest absolute Gasteiger partial charge is 0.507 e. The van der Waals surface area contributed by atoms with Crippen LogP contribution in [-0.4, -0.2) is 35.5 Å². The molecule has 0 saturated heterocycles. The number of aromatic nitrogens is 5. The second-order valence-corrected chi connectivity index (χ2v) is 8.23. The number of aryl methyl sites for hydroxylation is 2. The molecule has 1 aromatic carbocycles. The normalized spacial score (nSPS) is 19.6. The van der Waals surface area contributed by atoms with Crippen molar-refractivity contribution in [2.24, 2.45) is 12.8 Å². The van der Waals surface area contributed by atoms with Crippen molar-refractivity contribution >= 4 is 21.8 Å². The van der Waals surface area contributed by atoms with E-state index in [9.17, 15) is 9.90 Å². The van der Waals surface area contributed by atoms with Crippen molar-refractivity contribution in [3.05, 3.63) is 46.6 Å². The Morgan fingerprint density at radius 2 is 2.00 bits per heavy atom. The maximum atomic E-state index is 13.0. The zero-order valence-corrected chi connectivity index (χ0v) is 17.0. The van der Waals surface area contributed by atoms with Crippen molar-refractivity contribution < 1.29 is 5.11 Å². The lowest BCUT2D eigenvalue weighted by Crippen LogP contribution is -2.32. The third kappa shape index (κ3) is 2.95. The summed E-state index contributed by atoms with van der Waals surface area (Å²) in [5.41, 5.74) is 8.44. The molecule has 0 bridgehead atoms. The number of nitrogens with zero attached hydrogens (tertiary/aromatic N) is 5. The third-order valence-corrected chi connectivity index (χ3v) is 6.17. The first-order chi connectivity index (χ1) is 14.4. The Hall–Kier alpha value is -3.26. The van der Waals surface area contributed by atoms with Gasteiger partial charge < -0.3 is 15.4 Å². The van der Waals surface area contributed by atoms with E-state index < -0.39 is 0 Å². The smallest absolute Gasteiger partial charge is 0.261 e. The Morgan fingerprint density at radius 3 is 2.77 bits per heavy atom. The second kappa shape index (κ2) is 6.91. The van der Waals surface area contributed by atoms with Gasteiger partial charge in [-0.3, -0.25) is 9.48 Å². The van der Waals surface area contributed by atoms with Crippen molar-refractivity contribution in [1.82, 2.24) is 24.3 Å². The van der Waals surface area contributed by atoms with E-state index in [-0.39, 0.29) is 23.4 Å². The Kier molecular flexibility index (Phi) is 4.32. The molecule has 8 nitrogen and oxygen atoms in total. The van der Waals surface area contributed by atoms with Gasteiger partial charge in [-0.25, -0.2) is 9.97 Å². The summed E-state index contributed by atoms with van der Waals surface area (Å²) in [7, 11) is 1.84. The summed E-state index contributed by atoms with van der Waals surface area (Å²) in [6, 6.07) is 4.08. The molecule has 5 rings (SSSR count). The van der Waals surface area contributed by atoms with Gasteiger partial charge in [-0.15, -0.1) is 0 Å². The number of hydrogen-bond donors (Lipinski definition) is 2. The van der Waals surface area contributed by atoms with Crippen LogP contribution in [0.2, 0.25) is 0 Å². The van der Waals surface area contributed by atoms with E-state index >= 15 is 0 Å². The average molecular weight is 404 g/mol. The summed E-state index contributed by atoms with van der Waals surface area (Å²) in [6.07, 6.45) is 8.94. The monoisotopic (exact) mass is 404 g/mol. The van der Waals surface area contributed by atoms with E-state index in [1.807, 2.05) is 38.5 Å². The number of phenolic OH excluding ortho intramolecular Hbond substituents is 1. The van der Waals surface area contributed by atoms with Crippen LogP contribution in [0.25, 0.3) is 33.2 Å². The molecule has 1 saturated carbocycles. The molecule has 30 heavy (non-hydrogen) atoms. The first-order valence-electron chi connectivity index (χ1n) is 10.2. The van der Waals surface area contributed by atoms with Crippen molar-refractivity contribution in [2.45, 2.75) is 44.7 Å². The van der Waals surface area contributed by atoms with Crippen LogP contribution < -0.4 is 11.3 Å². The fraction of sp³-hybridized carbons (Fsp3) is 0.364. The molecule has 1 aliphatic rings. The van der Waals surface area contributed by atoms with E-state index in [1.165, 1.54) is 0 Å². The van der Waals surface area contributed by atoms with Crippen molar-refractivity contribution in [3.63, 3.8) is 0 Å². The zero-order chi connectivity index (χ0) is 21.0. The Labute approximate surface area is 173 Å². The van der Waals surface area contributed by atoms with E-state index in [1.54, 1.807) is 15.4 Å². The van der Waals surface area contributed by atoms with Gasteiger partial charge >= 0.3 is 0 Å². The van der Waals surface area contributed by atoms with Crippen molar-refractivity contribution in [1.29, 1.82) is 0 Å². The number of aromatic hydroxyl groups is 1. The lowest BCUT2D eigenvalue weighted by atomic mass is 9.91. The van der Waals surface area contributed by atoms with Gasteiger partial charge in [0.15, 0.2) is 5.82 Å². The highest BCUT2D eigenvalue weighted by Crippen LogP contribution is 2.35. The molecule has 0 radical (unpaired) electrons. The highest BCUT2D eigenvalue weighted by Gasteiger charge is 2.22. The van der Waals surface area contributed by atoms with Gasteiger partial charge in [-0.2, -0.15) is 5.10 Å². The molecule has 4 aromatic rings. The molecule has 0 amide bonds. The summed E-state index contributed by atoms with van der Waals surface area (Å²) in [5.74, 6) is 0.488. The third-order valence-electron chi connectivity index (χ3n) is 6.17. The SMILES string of the molecule is Cc1c(O)c(-c2ncc3c(=O)n(C4CCC(N)CC4)ccc3n2)cc2cn(C)nc12. The van der Waals surface area contributed by atoms with Crippen LogP contribution >= 0.6 is 0 Å². The Morgan fingerprint density at radius 1 is 1.23 bits per heavy atom. The van der Waals surface area contributed by atoms with E-state index in [0.29, 0.717) is 27.9 Å². The van der Waals surface area contributed by atoms with Gasteiger partial charge in [0.1, 0.15) is 5.75 Å². The number of phenols is 1. The first-order valence-corrected chi connectivity index (χ1v) is 10.2. The lowest BCUT2D eigenvalue weighted by molar-refractivity contribution is 0.319. The van der Waals surface area contributed by atoms with Crippen molar-refractivity contribution in [3.8, 4) is 17.1 Å². The van der Waals surface area contributed by atoms with Crippen LogP contribution in [-0.2, 0) is 7.05 Å². The predicted octanol–water partition coefficient (Wildman–Crippen LogP) is 2.80. The van der Waals surface area contributed by atoms with Crippen LogP contribution in [0.5, 0.6) is 5.75 Å². The topological polar surface area (TPSA) is 112 Å². The Balaban J connectivity index is 1.59. The van der Waals surface area contributed by atoms with Crippen LogP contribution in [0, 0.1) is 6.92 Å². The zero-order valence-electron chi connectivity index (χ0n) is 17.0. The molecule has 1 fully saturated rings. The number of benzene rings is 1. The molecule has 1 aliphatic carbocycles. The molecular formula is C22H24N6O2. The number of rotatable bonds is 2. The minimum Gasteiger partial charge on any atom is -0.507 e. The van der Waals surface area contributed by atoms with Crippen molar-refractivity contribution in [2.75, 3.05) is 0 Å². The summed E-state index contributed by atoms with van der Waals surface area (Å²) in [4.78, 5) is 22.1. The van der Waals surface area contributed by atoms with Crippen LogP contribution in [0.1, 0.15) is 37.3 Å². The van der Waals surface area contributed by atoms with E-state index in [4.69, 9.17) is 5.73 Å². The van der Waals surface area contributed by atoms with E-state index in [2.05, 4.69) is 15.1 Å². The summed E-state index contributed by atoms with van der Waals surface area (Å²) < 4.78 is 3.50. The first kappa shape index (κ1) is 18.7.